The first kappa shape index (κ1) is 18.1. The fourth-order valence-electron chi connectivity index (χ4n) is 1.43. The first-order chi connectivity index (χ1) is 10.0. The number of anilines is 1. The predicted octanol–water partition coefficient (Wildman–Crippen LogP) is 1.76. The van der Waals surface area contributed by atoms with Crippen LogP contribution in [0.15, 0.2) is 58.3 Å². The van der Waals surface area contributed by atoms with Crippen molar-refractivity contribution in [2.24, 2.45) is 0 Å². The van der Waals surface area contributed by atoms with Crippen LogP contribution in [0.3, 0.4) is 0 Å². The zero-order valence-electron chi connectivity index (χ0n) is 11.5. The van der Waals surface area contributed by atoms with Crippen LogP contribution in [0.2, 0.25) is 0 Å². The Bertz CT molecular complexity index is 842. The van der Waals surface area contributed by atoms with Crippen molar-refractivity contribution in [1.82, 2.24) is 0 Å². The molecule has 0 radical (unpaired) electrons. The topological polar surface area (TPSA) is 135 Å². The fourth-order valence-corrected chi connectivity index (χ4v) is 2.52. The van der Waals surface area contributed by atoms with Crippen molar-refractivity contribution in [1.29, 1.82) is 0 Å². The normalized spacial score (nSPS) is 11.4. The highest BCUT2D eigenvalue weighted by Crippen LogP contribution is 2.15. The third-order valence-corrected chi connectivity index (χ3v) is 4.31. The molecule has 9 heteroatoms. The molecule has 7 nitrogen and oxygen atoms in total. The van der Waals surface area contributed by atoms with Crippen molar-refractivity contribution in [3.63, 3.8) is 0 Å². The van der Waals surface area contributed by atoms with Gasteiger partial charge in [0.05, 0.1) is 10.6 Å². The number of para-hydroxylation sites is 1. The number of nitrogens with two attached hydrogens (primary N) is 1. The van der Waals surface area contributed by atoms with Gasteiger partial charge in [0.2, 0.25) is 0 Å². The van der Waals surface area contributed by atoms with Gasteiger partial charge < -0.3 is 5.73 Å². The van der Waals surface area contributed by atoms with Crippen molar-refractivity contribution in [3.05, 3.63) is 54.1 Å². The van der Waals surface area contributed by atoms with Crippen molar-refractivity contribution >= 4 is 25.9 Å². The van der Waals surface area contributed by atoms with E-state index in [4.69, 9.17) is 14.8 Å². The van der Waals surface area contributed by atoms with Crippen molar-refractivity contribution < 1.29 is 25.9 Å². The number of nitrogen functional groups attached to an aromatic ring is 1. The Morgan fingerprint density at radius 1 is 0.818 bits per heavy atom. The van der Waals surface area contributed by atoms with E-state index in [1.165, 1.54) is 30.3 Å². The highest BCUT2D eigenvalue weighted by atomic mass is 32.2. The van der Waals surface area contributed by atoms with Crippen LogP contribution in [-0.2, 0) is 20.2 Å². The van der Waals surface area contributed by atoms with Gasteiger partial charge >= 0.3 is 0 Å². The van der Waals surface area contributed by atoms with E-state index >= 15 is 0 Å². The first-order valence-corrected chi connectivity index (χ1v) is 8.76. The standard InChI is InChI=1S/C7H8O3S.C6H7NO3S/c1-6-2-4-7(5-3-6)11(8,9)10;7-5-3-1-2-4-6(5)11(8,9)10/h2-5H,1H3,(H,8,9,10);1-4H,7H2,(H,8,9,10). The smallest absolute Gasteiger partial charge is 0.296 e. The summed E-state index contributed by atoms with van der Waals surface area (Å²) in [6, 6.07) is 11.7. The van der Waals surface area contributed by atoms with E-state index in [0.29, 0.717) is 0 Å². The Hall–Kier alpha value is -1.94. The van der Waals surface area contributed by atoms with E-state index in [2.05, 4.69) is 0 Å². The average Bonchev–Trinajstić information content (AvgIpc) is 2.38. The highest BCUT2D eigenvalue weighted by Gasteiger charge is 2.11. The second-order valence-electron chi connectivity index (χ2n) is 4.30. The van der Waals surface area contributed by atoms with Gasteiger partial charge in [0.15, 0.2) is 0 Å². The molecule has 0 spiro atoms. The number of benzene rings is 2. The lowest BCUT2D eigenvalue weighted by Gasteiger charge is -1.98. The van der Waals surface area contributed by atoms with Gasteiger partial charge in [-0.15, -0.1) is 0 Å². The van der Waals surface area contributed by atoms with E-state index < -0.39 is 20.2 Å². The molecule has 0 aromatic heterocycles. The molecule has 0 amide bonds. The predicted molar refractivity (Wildman–Crippen MR) is 81.7 cm³/mol. The van der Waals surface area contributed by atoms with Crippen LogP contribution in [0.25, 0.3) is 0 Å². The molecule has 0 fully saturated rings. The molecular weight excluding hydrogens is 330 g/mol. The van der Waals surface area contributed by atoms with Gasteiger partial charge in [-0.05, 0) is 31.2 Å². The van der Waals surface area contributed by atoms with E-state index in [9.17, 15) is 16.8 Å². The van der Waals surface area contributed by atoms with Crippen LogP contribution < -0.4 is 5.73 Å². The van der Waals surface area contributed by atoms with Crippen LogP contribution in [-0.4, -0.2) is 25.9 Å². The number of hydrogen-bond donors (Lipinski definition) is 3. The third kappa shape index (κ3) is 5.45. The summed E-state index contributed by atoms with van der Waals surface area (Å²) in [5, 5.41) is 0. The van der Waals surface area contributed by atoms with Gasteiger partial charge in [0, 0.05) is 0 Å². The van der Waals surface area contributed by atoms with Crippen LogP contribution in [0.1, 0.15) is 5.56 Å². The molecule has 0 aliphatic heterocycles. The molecule has 2 aromatic rings. The molecular formula is C13H15NO6S2. The summed E-state index contributed by atoms with van der Waals surface area (Å²) in [7, 11) is -8.18. The maximum absolute atomic E-state index is 10.5. The van der Waals surface area contributed by atoms with E-state index in [0.717, 1.165) is 5.56 Å². The molecule has 0 saturated heterocycles. The zero-order chi connectivity index (χ0) is 17.0. The van der Waals surface area contributed by atoms with Gasteiger partial charge in [-0.3, -0.25) is 9.11 Å². The minimum Gasteiger partial charge on any atom is -0.398 e. The molecule has 0 heterocycles. The number of hydrogen-bond acceptors (Lipinski definition) is 5. The van der Waals surface area contributed by atoms with E-state index in [-0.39, 0.29) is 15.5 Å². The average molecular weight is 345 g/mol. The largest absolute Gasteiger partial charge is 0.398 e. The molecule has 2 aromatic carbocycles. The summed E-state index contributed by atoms with van der Waals surface area (Å²) in [6.45, 7) is 1.84. The van der Waals surface area contributed by atoms with E-state index in [1.807, 2.05) is 6.92 Å². The SMILES string of the molecule is Cc1ccc(S(=O)(=O)O)cc1.Nc1ccccc1S(=O)(=O)O. The third-order valence-electron chi connectivity index (χ3n) is 2.52. The van der Waals surface area contributed by atoms with Crippen LogP contribution in [0.4, 0.5) is 5.69 Å². The molecule has 22 heavy (non-hydrogen) atoms. The van der Waals surface area contributed by atoms with E-state index in [1.54, 1.807) is 18.2 Å². The second-order valence-corrected chi connectivity index (χ2v) is 7.11. The number of aryl methyl sites for hydroxylation is 1. The molecule has 120 valence electrons. The lowest BCUT2D eigenvalue weighted by Crippen LogP contribution is -2.01. The summed E-state index contributed by atoms with van der Waals surface area (Å²) >= 11 is 0. The summed E-state index contributed by atoms with van der Waals surface area (Å²) in [5.41, 5.74) is 6.27. The molecule has 0 atom stereocenters. The highest BCUT2D eigenvalue weighted by molar-refractivity contribution is 7.86. The Balaban J connectivity index is 0.000000220. The summed E-state index contributed by atoms with van der Waals surface area (Å²) in [5.74, 6) is 0. The molecule has 0 aliphatic rings. The second kappa shape index (κ2) is 6.88. The molecule has 0 saturated carbocycles. The maximum Gasteiger partial charge on any atom is 0.296 e. The minimum absolute atomic E-state index is 0.0509. The molecule has 4 N–H and O–H groups in total. The monoisotopic (exact) mass is 345 g/mol. The van der Waals surface area contributed by atoms with Gasteiger partial charge in [-0.2, -0.15) is 16.8 Å². The fraction of sp³-hybridized carbons (Fsp3) is 0.0769. The Kier molecular flexibility index (Phi) is 5.66. The maximum atomic E-state index is 10.5. The lowest BCUT2D eigenvalue weighted by molar-refractivity contribution is 0.481. The quantitative estimate of drug-likeness (QED) is 0.557. The van der Waals surface area contributed by atoms with Gasteiger partial charge in [-0.25, -0.2) is 0 Å². The molecule has 0 bridgehead atoms. The summed E-state index contributed by atoms with van der Waals surface area (Å²) < 4.78 is 59.2. The summed E-state index contributed by atoms with van der Waals surface area (Å²) in [4.78, 5) is -0.317. The van der Waals surface area contributed by atoms with Gasteiger partial charge in [0.1, 0.15) is 4.90 Å². The Morgan fingerprint density at radius 2 is 1.32 bits per heavy atom. The van der Waals surface area contributed by atoms with Crippen LogP contribution in [0, 0.1) is 6.92 Å². The van der Waals surface area contributed by atoms with Crippen molar-refractivity contribution in [2.45, 2.75) is 16.7 Å². The first-order valence-electron chi connectivity index (χ1n) is 5.88. The van der Waals surface area contributed by atoms with Crippen LogP contribution in [0.5, 0.6) is 0 Å². The minimum atomic E-state index is -4.16. The van der Waals surface area contributed by atoms with Crippen LogP contribution >= 0.6 is 0 Å². The lowest BCUT2D eigenvalue weighted by atomic mass is 10.2. The molecule has 0 aliphatic carbocycles. The summed E-state index contributed by atoms with van der Waals surface area (Å²) in [6.07, 6.45) is 0. The van der Waals surface area contributed by atoms with Crippen molar-refractivity contribution in [3.8, 4) is 0 Å². The van der Waals surface area contributed by atoms with Gasteiger partial charge in [-0.1, -0.05) is 29.8 Å². The Morgan fingerprint density at radius 3 is 1.68 bits per heavy atom. The molecule has 2 rings (SSSR count). The molecule has 0 unspecified atom stereocenters. The zero-order valence-corrected chi connectivity index (χ0v) is 13.2. The Labute approximate surface area is 128 Å². The van der Waals surface area contributed by atoms with Gasteiger partial charge in [0.25, 0.3) is 20.2 Å². The van der Waals surface area contributed by atoms with Crippen molar-refractivity contribution in [2.75, 3.05) is 5.73 Å². The number of rotatable bonds is 2.